The van der Waals surface area contributed by atoms with E-state index in [1.807, 2.05) is 0 Å². The van der Waals surface area contributed by atoms with Crippen molar-refractivity contribution in [3.8, 4) is 0 Å². The van der Waals surface area contributed by atoms with Gasteiger partial charge in [-0.15, -0.1) is 0 Å². The number of sulfonamides is 1. The van der Waals surface area contributed by atoms with Gasteiger partial charge in [-0.05, 0) is 13.8 Å². The highest BCUT2D eigenvalue weighted by molar-refractivity contribution is 7.88. The summed E-state index contributed by atoms with van der Waals surface area (Å²) in [7, 11) is -2.96. The van der Waals surface area contributed by atoms with Gasteiger partial charge < -0.3 is 4.90 Å². The van der Waals surface area contributed by atoms with Crippen molar-refractivity contribution in [1.29, 1.82) is 0 Å². The molecule has 0 atom stereocenters. The molecule has 1 fully saturated rings. The lowest BCUT2D eigenvalue weighted by Crippen LogP contribution is -3.17. The molecule has 1 aliphatic rings. The van der Waals surface area contributed by atoms with Crippen LogP contribution < -0.4 is 4.90 Å². The molecule has 13 heavy (non-hydrogen) atoms. The molecule has 5 heteroatoms. The summed E-state index contributed by atoms with van der Waals surface area (Å²) in [4.78, 5) is 1.50. The number of hydrogen-bond donors (Lipinski definition) is 1. The van der Waals surface area contributed by atoms with Gasteiger partial charge in [0.1, 0.15) is 0 Å². The highest BCUT2D eigenvalue weighted by Crippen LogP contribution is 1.97. The van der Waals surface area contributed by atoms with Crippen LogP contribution in [0.25, 0.3) is 0 Å². The zero-order chi connectivity index (χ0) is 10.1. The molecule has 1 aliphatic heterocycles. The maximum atomic E-state index is 11.2. The third kappa shape index (κ3) is 2.93. The number of hydrogen-bond acceptors (Lipinski definition) is 2. The van der Waals surface area contributed by atoms with Crippen LogP contribution in [0.3, 0.4) is 0 Å². The molecular formula is C8H19N2O2S+. The Hall–Kier alpha value is -0.130. The van der Waals surface area contributed by atoms with Crippen molar-refractivity contribution in [3.63, 3.8) is 0 Å². The molecule has 0 amide bonds. The first-order chi connectivity index (χ1) is 5.91. The first-order valence-corrected chi connectivity index (χ1v) is 6.56. The molecule has 0 unspecified atom stereocenters. The molecule has 1 N–H and O–H groups in total. The molecule has 0 spiro atoms. The van der Waals surface area contributed by atoms with Gasteiger partial charge in [0.05, 0.1) is 38.5 Å². The van der Waals surface area contributed by atoms with Crippen LogP contribution in [0.4, 0.5) is 0 Å². The Kier molecular flexibility index (Phi) is 3.32. The van der Waals surface area contributed by atoms with Crippen LogP contribution >= 0.6 is 0 Å². The van der Waals surface area contributed by atoms with Crippen molar-refractivity contribution in [2.24, 2.45) is 0 Å². The quantitative estimate of drug-likeness (QED) is 0.602. The summed E-state index contributed by atoms with van der Waals surface area (Å²) in [5, 5.41) is 0. The maximum absolute atomic E-state index is 11.2. The molecule has 0 radical (unpaired) electrons. The normalized spacial score (nSPS) is 22.5. The van der Waals surface area contributed by atoms with E-state index in [2.05, 4.69) is 13.8 Å². The van der Waals surface area contributed by atoms with E-state index in [4.69, 9.17) is 0 Å². The Morgan fingerprint density at radius 1 is 1.23 bits per heavy atom. The molecule has 1 rings (SSSR count). The van der Waals surface area contributed by atoms with Crippen LogP contribution in [-0.2, 0) is 10.0 Å². The van der Waals surface area contributed by atoms with Crippen molar-refractivity contribution < 1.29 is 13.3 Å². The average molecular weight is 207 g/mol. The Morgan fingerprint density at radius 2 is 1.69 bits per heavy atom. The molecular weight excluding hydrogens is 188 g/mol. The van der Waals surface area contributed by atoms with E-state index in [0.29, 0.717) is 19.1 Å². The van der Waals surface area contributed by atoms with E-state index in [-0.39, 0.29) is 0 Å². The molecule has 0 bridgehead atoms. The summed E-state index contributed by atoms with van der Waals surface area (Å²) in [6.45, 7) is 7.56. The average Bonchev–Trinajstić information content (AvgIpc) is 2.03. The van der Waals surface area contributed by atoms with E-state index in [1.165, 1.54) is 11.2 Å². The molecule has 78 valence electrons. The Balaban J connectivity index is 2.49. The summed E-state index contributed by atoms with van der Waals surface area (Å²) in [5.41, 5.74) is 0. The lowest BCUT2D eigenvalue weighted by Gasteiger charge is -2.32. The van der Waals surface area contributed by atoms with E-state index < -0.39 is 10.0 Å². The summed E-state index contributed by atoms with van der Waals surface area (Å²) >= 11 is 0. The second-order valence-corrected chi connectivity index (χ2v) is 5.96. The molecule has 0 saturated carbocycles. The number of nitrogens with one attached hydrogen (secondary N) is 1. The van der Waals surface area contributed by atoms with Gasteiger partial charge in [-0.2, -0.15) is 4.31 Å². The zero-order valence-electron chi connectivity index (χ0n) is 8.58. The first-order valence-electron chi connectivity index (χ1n) is 4.71. The van der Waals surface area contributed by atoms with Gasteiger partial charge in [-0.3, -0.25) is 0 Å². The maximum Gasteiger partial charge on any atom is 0.211 e. The van der Waals surface area contributed by atoms with Gasteiger partial charge in [0.2, 0.25) is 10.0 Å². The summed E-state index contributed by atoms with van der Waals surface area (Å²) < 4.78 is 23.9. The fourth-order valence-corrected chi connectivity index (χ4v) is 2.53. The largest absolute Gasteiger partial charge is 0.331 e. The Morgan fingerprint density at radius 3 is 2.00 bits per heavy atom. The Labute approximate surface area is 80.6 Å². The van der Waals surface area contributed by atoms with Crippen molar-refractivity contribution in [2.45, 2.75) is 19.9 Å². The molecule has 1 heterocycles. The van der Waals surface area contributed by atoms with Gasteiger partial charge in [0, 0.05) is 0 Å². The van der Waals surface area contributed by atoms with Gasteiger partial charge in [0.25, 0.3) is 0 Å². The van der Waals surface area contributed by atoms with Crippen LogP contribution in [0.5, 0.6) is 0 Å². The third-order valence-corrected chi connectivity index (χ3v) is 3.95. The first kappa shape index (κ1) is 10.9. The zero-order valence-corrected chi connectivity index (χ0v) is 9.39. The minimum atomic E-state index is -2.96. The van der Waals surface area contributed by atoms with Gasteiger partial charge >= 0.3 is 0 Å². The predicted octanol–water partition coefficient (Wildman–Crippen LogP) is -1.45. The molecule has 0 aromatic carbocycles. The standard InChI is InChI=1S/C8H18N2O2S/c1-8(2)9-4-6-10(7-5-9)13(3,11)12/h8H,4-7H2,1-3H3/p+1. The predicted molar refractivity (Wildman–Crippen MR) is 52.2 cm³/mol. The van der Waals surface area contributed by atoms with Crippen molar-refractivity contribution in [2.75, 3.05) is 32.4 Å². The van der Waals surface area contributed by atoms with E-state index >= 15 is 0 Å². The van der Waals surface area contributed by atoms with Crippen molar-refractivity contribution in [3.05, 3.63) is 0 Å². The number of piperazine rings is 1. The molecule has 0 aromatic rings. The minimum absolute atomic E-state index is 0.599. The van der Waals surface area contributed by atoms with Gasteiger partial charge in [-0.1, -0.05) is 0 Å². The monoisotopic (exact) mass is 207 g/mol. The highest BCUT2D eigenvalue weighted by atomic mass is 32.2. The van der Waals surface area contributed by atoms with E-state index in [0.717, 1.165) is 13.1 Å². The molecule has 0 aromatic heterocycles. The second-order valence-electron chi connectivity index (χ2n) is 3.97. The van der Waals surface area contributed by atoms with Crippen LogP contribution in [0.15, 0.2) is 0 Å². The topological polar surface area (TPSA) is 41.8 Å². The third-order valence-electron chi connectivity index (χ3n) is 2.65. The summed E-state index contributed by atoms with van der Waals surface area (Å²) in [6, 6.07) is 0.599. The van der Waals surface area contributed by atoms with Gasteiger partial charge in [0.15, 0.2) is 0 Å². The lowest BCUT2D eigenvalue weighted by molar-refractivity contribution is -0.924. The smallest absolute Gasteiger partial charge is 0.211 e. The van der Waals surface area contributed by atoms with Crippen LogP contribution in [0, 0.1) is 0 Å². The minimum Gasteiger partial charge on any atom is -0.331 e. The van der Waals surface area contributed by atoms with Crippen LogP contribution in [0.2, 0.25) is 0 Å². The fraction of sp³-hybridized carbons (Fsp3) is 1.00. The molecule has 4 nitrogen and oxygen atoms in total. The molecule has 0 aliphatic carbocycles. The van der Waals surface area contributed by atoms with Gasteiger partial charge in [-0.25, -0.2) is 8.42 Å². The lowest BCUT2D eigenvalue weighted by atomic mass is 10.3. The summed E-state index contributed by atoms with van der Waals surface area (Å²) in [6.07, 6.45) is 1.29. The second kappa shape index (κ2) is 3.94. The number of nitrogens with zero attached hydrogens (tertiary/aromatic N) is 1. The number of rotatable bonds is 2. The summed E-state index contributed by atoms with van der Waals surface area (Å²) in [5.74, 6) is 0. The van der Waals surface area contributed by atoms with Crippen molar-refractivity contribution >= 4 is 10.0 Å². The van der Waals surface area contributed by atoms with Crippen molar-refractivity contribution in [1.82, 2.24) is 4.31 Å². The SMILES string of the molecule is CC(C)[NH+]1CCN(S(C)(=O)=O)CC1. The van der Waals surface area contributed by atoms with Crippen LogP contribution in [0.1, 0.15) is 13.8 Å². The van der Waals surface area contributed by atoms with E-state index in [9.17, 15) is 8.42 Å². The Bertz CT molecular complexity index is 253. The van der Waals surface area contributed by atoms with Crippen LogP contribution in [-0.4, -0.2) is 51.2 Å². The molecule has 1 saturated heterocycles. The highest BCUT2D eigenvalue weighted by Gasteiger charge is 2.26. The van der Waals surface area contributed by atoms with E-state index in [1.54, 1.807) is 4.31 Å². The number of quaternary nitrogens is 1. The fourth-order valence-electron chi connectivity index (χ4n) is 1.68.